The van der Waals surface area contributed by atoms with E-state index in [2.05, 4.69) is 0 Å². The van der Waals surface area contributed by atoms with Crippen molar-refractivity contribution in [2.75, 3.05) is 0 Å². The van der Waals surface area contributed by atoms with Crippen LogP contribution < -0.4 is 14.4 Å². The average Bonchev–Trinajstić information content (AvgIpc) is 1.54. The van der Waals surface area contributed by atoms with Crippen LogP contribution in [0.1, 0.15) is 0 Å². The van der Waals surface area contributed by atoms with Gasteiger partial charge >= 0.3 is 45.1 Å². The summed E-state index contributed by atoms with van der Waals surface area (Å²) in [5, 5.41) is 0. The van der Waals surface area contributed by atoms with E-state index < -0.39 is 27.8 Å². The van der Waals surface area contributed by atoms with E-state index in [0.717, 1.165) is 0 Å². The quantitative estimate of drug-likeness (QED) is 0.333. The van der Waals surface area contributed by atoms with Gasteiger partial charge in [-0.15, -0.1) is 0 Å². The Morgan fingerprint density at radius 2 is 0.692 bits per heavy atom. The number of rotatable bonds is 0. The number of halogens is 3. The smallest absolute Gasteiger partial charge is 0.560 e. The van der Waals surface area contributed by atoms with Gasteiger partial charge in [0.1, 0.15) is 0 Å². The van der Waals surface area contributed by atoms with Crippen LogP contribution >= 0.6 is 0 Å². The minimum atomic E-state index is -3.88. The summed E-state index contributed by atoms with van der Waals surface area (Å²) >= 11 is 0. The summed E-state index contributed by atoms with van der Waals surface area (Å²) < 4.78 is 55.2. The first kappa shape index (κ1) is 23.0. The first-order chi connectivity index (χ1) is 5.20. The molecule has 13 heavy (non-hydrogen) atoms. The van der Waals surface area contributed by atoms with Gasteiger partial charge < -0.3 is 27.8 Å². The monoisotopic (exact) mass is 289 g/mol. The zero-order valence-corrected chi connectivity index (χ0v) is 9.77. The summed E-state index contributed by atoms with van der Waals surface area (Å²) in [6, 6.07) is 0. The largest absolute Gasteiger partial charge is 3.00 e. The molecule has 0 amide bonds. The van der Waals surface area contributed by atoms with Gasteiger partial charge in [0, 0.05) is 0 Å². The SMILES string of the molecule is O=[Si]([O-])F.O=[Si]([O-])F.O=[Si]([O-])F.[Cr+3]. The van der Waals surface area contributed by atoms with Crippen molar-refractivity contribution in [3.05, 3.63) is 0 Å². The van der Waals surface area contributed by atoms with Crippen LogP contribution in [-0.4, -0.2) is 27.8 Å². The maximum atomic E-state index is 9.99. The number of hydrogen-bond acceptors (Lipinski definition) is 6. The maximum Gasteiger partial charge on any atom is 3.00 e. The molecule has 0 unspecified atom stereocenters. The summed E-state index contributed by atoms with van der Waals surface area (Å²) in [6.07, 6.45) is 0. The van der Waals surface area contributed by atoms with Gasteiger partial charge in [-0.2, -0.15) is 0 Å². The molecule has 0 aliphatic rings. The van der Waals surface area contributed by atoms with Gasteiger partial charge in [-0.25, -0.2) is 0 Å². The van der Waals surface area contributed by atoms with Crippen molar-refractivity contribution < 1.29 is 57.5 Å². The van der Waals surface area contributed by atoms with Crippen LogP contribution in [0.25, 0.3) is 0 Å². The first-order valence-electron chi connectivity index (χ1n) is 1.79. The molecule has 0 spiro atoms. The predicted molar refractivity (Wildman–Crippen MR) is 22.6 cm³/mol. The van der Waals surface area contributed by atoms with Gasteiger partial charge in [-0.3, -0.25) is 12.3 Å². The van der Waals surface area contributed by atoms with Gasteiger partial charge in [-0.1, -0.05) is 0 Å². The van der Waals surface area contributed by atoms with Crippen molar-refractivity contribution >= 4 is 27.8 Å². The van der Waals surface area contributed by atoms with Crippen LogP contribution in [0.2, 0.25) is 0 Å². The molecular formula is CrF3O6Si3. The Balaban J connectivity index is -0.0000000450. The van der Waals surface area contributed by atoms with Crippen LogP contribution in [0.3, 0.4) is 0 Å². The summed E-state index contributed by atoms with van der Waals surface area (Å²) in [4.78, 5) is 25.2. The molecule has 0 aliphatic carbocycles. The Bertz CT molecular complexity index is 121. The molecule has 0 heterocycles. The molecular weight excluding hydrogens is 289 g/mol. The van der Waals surface area contributed by atoms with Gasteiger partial charge in [0.25, 0.3) is 0 Å². The van der Waals surface area contributed by atoms with Crippen molar-refractivity contribution in [1.82, 2.24) is 0 Å². The second-order valence-corrected chi connectivity index (χ2v) is 2.14. The van der Waals surface area contributed by atoms with E-state index in [1.54, 1.807) is 0 Å². The van der Waals surface area contributed by atoms with Crippen LogP contribution in [0, 0.1) is 0 Å². The van der Waals surface area contributed by atoms with Crippen LogP contribution in [0.4, 0.5) is 12.3 Å². The van der Waals surface area contributed by atoms with Crippen LogP contribution in [-0.2, 0) is 30.7 Å². The van der Waals surface area contributed by atoms with Gasteiger partial charge in [0.15, 0.2) is 0 Å². The topological polar surface area (TPSA) is 120 Å². The van der Waals surface area contributed by atoms with Gasteiger partial charge in [-0.05, 0) is 0 Å². The molecule has 0 bridgehead atoms. The second-order valence-electron chi connectivity index (χ2n) is 0.713. The molecule has 0 saturated carbocycles. The second kappa shape index (κ2) is 17.8. The maximum absolute atomic E-state index is 9.99. The summed E-state index contributed by atoms with van der Waals surface area (Å²) in [5.41, 5.74) is 0. The molecule has 0 rings (SSSR count). The molecule has 0 N–H and O–H groups in total. The third-order valence-electron chi connectivity index (χ3n) is 0. The zero-order chi connectivity index (χ0) is 10.7. The van der Waals surface area contributed by atoms with Crippen molar-refractivity contribution in [1.29, 1.82) is 0 Å². The fraction of sp³-hybridized carbons (Fsp3) is 0. The van der Waals surface area contributed by atoms with E-state index in [9.17, 15) is 12.3 Å². The van der Waals surface area contributed by atoms with E-state index in [1.807, 2.05) is 0 Å². The Morgan fingerprint density at radius 1 is 0.692 bits per heavy atom. The molecule has 6 nitrogen and oxygen atoms in total. The summed E-state index contributed by atoms with van der Waals surface area (Å²) in [7, 11) is -11.6. The van der Waals surface area contributed by atoms with Crippen LogP contribution in [0.15, 0.2) is 0 Å². The molecule has 0 aromatic heterocycles. The molecule has 0 fully saturated rings. The Morgan fingerprint density at radius 3 is 0.692 bits per heavy atom. The van der Waals surface area contributed by atoms with Crippen molar-refractivity contribution in [3.8, 4) is 0 Å². The molecule has 75 valence electrons. The summed E-state index contributed by atoms with van der Waals surface area (Å²) in [5.74, 6) is 0. The van der Waals surface area contributed by atoms with E-state index >= 15 is 0 Å². The normalized spacial score (nSPS) is 5.77. The minimum Gasteiger partial charge on any atom is -0.560 e. The van der Waals surface area contributed by atoms with E-state index in [4.69, 9.17) is 27.8 Å². The Kier molecular flexibility index (Phi) is 31.4. The molecule has 0 saturated heterocycles. The predicted octanol–water partition coefficient (Wildman–Crippen LogP) is -3.81. The fourth-order valence-electron chi connectivity index (χ4n) is 0. The average molecular weight is 289 g/mol. The Hall–Kier alpha value is -0.227. The molecule has 13 heteroatoms. The third-order valence-corrected chi connectivity index (χ3v) is 0. The summed E-state index contributed by atoms with van der Waals surface area (Å²) in [6.45, 7) is 0. The van der Waals surface area contributed by atoms with Crippen molar-refractivity contribution in [3.63, 3.8) is 0 Å². The molecule has 0 aromatic carbocycles. The van der Waals surface area contributed by atoms with Gasteiger partial charge in [0.05, 0.1) is 0 Å². The van der Waals surface area contributed by atoms with Gasteiger partial charge in [0.2, 0.25) is 0 Å². The first-order valence-corrected chi connectivity index (χ1v) is 5.38. The van der Waals surface area contributed by atoms with E-state index in [1.165, 1.54) is 0 Å². The van der Waals surface area contributed by atoms with E-state index in [0.29, 0.717) is 0 Å². The molecule has 0 aromatic rings. The van der Waals surface area contributed by atoms with Crippen LogP contribution in [0.5, 0.6) is 0 Å². The van der Waals surface area contributed by atoms with E-state index in [-0.39, 0.29) is 17.4 Å². The van der Waals surface area contributed by atoms with Crippen molar-refractivity contribution in [2.45, 2.75) is 0 Å². The Labute approximate surface area is 85.6 Å². The zero-order valence-electron chi connectivity index (χ0n) is 5.49. The standard InChI is InChI=1S/Cr.3FO2Si/c;3*1-4(2)3/q+3;3*-1. The molecule has 0 aliphatic heterocycles. The van der Waals surface area contributed by atoms with Crippen molar-refractivity contribution in [2.24, 2.45) is 0 Å². The minimum absolute atomic E-state index is 0. The fourth-order valence-corrected chi connectivity index (χ4v) is 0. The third kappa shape index (κ3) is 21800. The molecule has 1 radical (unpaired) electrons. The molecule has 0 atom stereocenters. The number of hydrogen-bond donors (Lipinski definition) is 0.